The fourth-order valence-corrected chi connectivity index (χ4v) is 1.37. The van der Waals surface area contributed by atoms with E-state index >= 15 is 0 Å². The van der Waals surface area contributed by atoms with Crippen molar-refractivity contribution >= 4 is 11.4 Å². The Labute approximate surface area is 85.4 Å². The fraction of sp³-hybridized carbons (Fsp3) is 0.333. The van der Waals surface area contributed by atoms with Gasteiger partial charge in [0.2, 0.25) is 5.82 Å². The number of benzene rings is 1. The van der Waals surface area contributed by atoms with Crippen LogP contribution in [0.5, 0.6) is 0 Å². The Morgan fingerprint density at radius 3 is 2.80 bits per heavy atom. The summed E-state index contributed by atoms with van der Waals surface area (Å²) in [6, 6.07) is 4.09. The zero-order valence-electron chi connectivity index (χ0n) is 7.87. The van der Waals surface area contributed by atoms with Crippen LogP contribution in [0.2, 0.25) is 0 Å². The molecule has 15 heavy (non-hydrogen) atoms. The minimum Gasteiger partial charge on any atom is -0.380 e. The summed E-state index contributed by atoms with van der Waals surface area (Å²) in [5.41, 5.74) is 0.0851. The van der Waals surface area contributed by atoms with Crippen LogP contribution in [0.25, 0.3) is 0 Å². The van der Waals surface area contributed by atoms with Crippen molar-refractivity contribution in [1.29, 1.82) is 0 Å². The number of nitro benzene ring substituents is 1. The molecule has 5 nitrogen and oxygen atoms in total. The van der Waals surface area contributed by atoms with E-state index in [2.05, 4.69) is 10.6 Å². The zero-order valence-corrected chi connectivity index (χ0v) is 7.87. The molecule has 0 radical (unpaired) electrons. The van der Waals surface area contributed by atoms with Crippen molar-refractivity contribution < 1.29 is 9.31 Å². The van der Waals surface area contributed by atoms with E-state index in [1.54, 1.807) is 0 Å². The maximum atomic E-state index is 13.0. The molecule has 2 N–H and O–H groups in total. The Bertz CT molecular complexity index is 393. The van der Waals surface area contributed by atoms with Gasteiger partial charge < -0.3 is 10.6 Å². The molecule has 1 saturated heterocycles. The summed E-state index contributed by atoms with van der Waals surface area (Å²) in [6.07, 6.45) is 0. The average Bonchev–Trinajstić information content (AvgIpc) is 2.13. The molecule has 1 aromatic carbocycles. The molecule has 1 aromatic rings. The topological polar surface area (TPSA) is 67.2 Å². The predicted octanol–water partition coefficient (Wildman–Crippen LogP) is 1.12. The normalized spacial score (nSPS) is 15.8. The third kappa shape index (κ3) is 2.04. The van der Waals surface area contributed by atoms with Gasteiger partial charge in [0.15, 0.2) is 0 Å². The highest BCUT2D eigenvalue weighted by molar-refractivity contribution is 5.52. The van der Waals surface area contributed by atoms with Gasteiger partial charge in [-0.2, -0.15) is 4.39 Å². The first-order valence-electron chi connectivity index (χ1n) is 4.58. The molecule has 0 bridgehead atoms. The Balaban J connectivity index is 2.17. The predicted molar refractivity (Wildman–Crippen MR) is 53.3 cm³/mol. The first kappa shape index (κ1) is 9.85. The highest BCUT2D eigenvalue weighted by Crippen LogP contribution is 2.22. The number of halogens is 1. The van der Waals surface area contributed by atoms with Gasteiger partial charge in [-0.1, -0.05) is 0 Å². The second-order valence-corrected chi connectivity index (χ2v) is 3.42. The van der Waals surface area contributed by atoms with Crippen molar-refractivity contribution in [2.75, 3.05) is 18.4 Å². The maximum absolute atomic E-state index is 13.0. The third-order valence-corrected chi connectivity index (χ3v) is 2.30. The van der Waals surface area contributed by atoms with E-state index < -0.39 is 16.4 Å². The van der Waals surface area contributed by atoms with Crippen molar-refractivity contribution in [2.45, 2.75) is 6.04 Å². The number of hydrogen-bond acceptors (Lipinski definition) is 4. The maximum Gasteiger partial charge on any atom is 0.306 e. The lowest BCUT2D eigenvalue weighted by molar-refractivity contribution is -0.387. The van der Waals surface area contributed by atoms with E-state index in [4.69, 9.17) is 0 Å². The SMILES string of the molecule is O=[N+]([O-])c1cc(NC2CNC2)ccc1F. The third-order valence-electron chi connectivity index (χ3n) is 2.30. The number of nitro groups is 1. The lowest BCUT2D eigenvalue weighted by Crippen LogP contribution is -2.51. The molecule has 80 valence electrons. The molecule has 6 heteroatoms. The minimum atomic E-state index is -0.808. The Morgan fingerprint density at radius 2 is 2.27 bits per heavy atom. The number of anilines is 1. The smallest absolute Gasteiger partial charge is 0.306 e. The van der Waals surface area contributed by atoms with Crippen LogP contribution in [0.1, 0.15) is 0 Å². The van der Waals surface area contributed by atoms with Crippen LogP contribution in [0.3, 0.4) is 0 Å². The van der Waals surface area contributed by atoms with E-state index in [-0.39, 0.29) is 6.04 Å². The van der Waals surface area contributed by atoms with Gasteiger partial charge >= 0.3 is 5.69 Å². The van der Waals surface area contributed by atoms with E-state index in [9.17, 15) is 14.5 Å². The van der Waals surface area contributed by atoms with Crippen LogP contribution < -0.4 is 10.6 Å². The molecule has 1 aliphatic heterocycles. The lowest BCUT2D eigenvalue weighted by atomic mass is 10.1. The van der Waals surface area contributed by atoms with Gasteiger partial charge in [-0.3, -0.25) is 10.1 Å². The van der Waals surface area contributed by atoms with E-state index in [1.165, 1.54) is 12.1 Å². The summed E-state index contributed by atoms with van der Waals surface area (Å²) in [5.74, 6) is -0.808. The van der Waals surface area contributed by atoms with Gasteiger partial charge in [0.1, 0.15) is 0 Å². The molecular formula is C9H10FN3O2. The van der Waals surface area contributed by atoms with Gasteiger partial charge in [0.25, 0.3) is 0 Å². The van der Waals surface area contributed by atoms with Gasteiger partial charge in [-0.05, 0) is 12.1 Å². The standard InChI is InChI=1S/C9H10FN3O2/c10-8-2-1-6(3-9(8)13(14)15)12-7-4-11-5-7/h1-3,7,11-12H,4-5H2. The van der Waals surface area contributed by atoms with Crippen LogP contribution in [0.15, 0.2) is 18.2 Å². The molecule has 0 saturated carbocycles. The molecule has 0 aliphatic carbocycles. The molecule has 0 spiro atoms. The second kappa shape index (κ2) is 3.82. The number of hydrogen-bond donors (Lipinski definition) is 2. The Kier molecular flexibility index (Phi) is 2.51. The molecule has 0 amide bonds. The average molecular weight is 211 g/mol. The van der Waals surface area contributed by atoms with Crippen LogP contribution in [-0.2, 0) is 0 Å². The number of nitrogens with zero attached hydrogens (tertiary/aromatic N) is 1. The van der Waals surface area contributed by atoms with Gasteiger partial charge in [0, 0.05) is 24.8 Å². The fourth-order valence-electron chi connectivity index (χ4n) is 1.37. The quantitative estimate of drug-likeness (QED) is 0.580. The van der Waals surface area contributed by atoms with Crippen LogP contribution in [0, 0.1) is 15.9 Å². The molecular weight excluding hydrogens is 201 g/mol. The van der Waals surface area contributed by atoms with Crippen molar-refractivity contribution in [2.24, 2.45) is 0 Å². The number of rotatable bonds is 3. The van der Waals surface area contributed by atoms with Crippen molar-refractivity contribution in [3.05, 3.63) is 34.1 Å². The van der Waals surface area contributed by atoms with Gasteiger partial charge in [-0.25, -0.2) is 0 Å². The van der Waals surface area contributed by atoms with E-state index in [1.807, 2.05) is 0 Å². The molecule has 0 atom stereocenters. The van der Waals surface area contributed by atoms with Crippen molar-refractivity contribution in [3.63, 3.8) is 0 Å². The summed E-state index contributed by atoms with van der Waals surface area (Å²) >= 11 is 0. The first-order valence-corrected chi connectivity index (χ1v) is 4.58. The molecule has 0 unspecified atom stereocenters. The van der Waals surface area contributed by atoms with E-state index in [0.717, 1.165) is 19.2 Å². The molecule has 0 aromatic heterocycles. The molecule has 1 aliphatic rings. The van der Waals surface area contributed by atoms with Crippen LogP contribution in [0.4, 0.5) is 15.8 Å². The largest absolute Gasteiger partial charge is 0.380 e. The Morgan fingerprint density at radius 1 is 1.53 bits per heavy atom. The summed E-state index contributed by atoms with van der Waals surface area (Å²) < 4.78 is 13.0. The van der Waals surface area contributed by atoms with Crippen molar-refractivity contribution in [1.82, 2.24) is 5.32 Å². The summed E-state index contributed by atoms with van der Waals surface area (Å²) in [4.78, 5) is 9.75. The highest BCUT2D eigenvalue weighted by atomic mass is 19.1. The second-order valence-electron chi connectivity index (χ2n) is 3.42. The van der Waals surface area contributed by atoms with Crippen LogP contribution in [-0.4, -0.2) is 24.1 Å². The summed E-state index contributed by atoms with van der Waals surface area (Å²) in [5, 5.41) is 16.6. The number of nitrogens with one attached hydrogen (secondary N) is 2. The first-order chi connectivity index (χ1) is 7.16. The van der Waals surface area contributed by atoms with E-state index in [0.29, 0.717) is 5.69 Å². The zero-order chi connectivity index (χ0) is 10.8. The molecule has 1 heterocycles. The monoisotopic (exact) mass is 211 g/mol. The highest BCUT2D eigenvalue weighted by Gasteiger charge is 2.19. The minimum absolute atomic E-state index is 0.273. The lowest BCUT2D eigenvalue weighted by Gasteiger charge is -2.28. The van der Waals surface area contributed by atoms with Crippen molar-refractivity contribution in [3.8, 4) is 0 Å². The summed E-state index contributed by atoms with van der Waals surface area (Å²) in [6.45, 7) is 1.65. The van der Waals surface area contributed by atoms with Gasteiger partial charge in [-0.15, -0.1) is 0 Å². The Hall–Kier alpha value is -1.69. The summed E-state index contributed by atoms with van der Waals surface area (Å²) in [7, 11) is 0. The van der Waals surface area contributed by atoms with Gasteiger partial charge in [0.05, 0.1) is 11.0 Å². The van der Waals surface area contributed by atoms with Crippen LogP contribution >= 0.6 is 0 Å². The molecule has 2 rings (SSSR count). The molecule has 1 fully saturated rings.